The van der Waals surface area contributed by atoms with Crippen molar-refractivity contribution in [2.45, 2.75) is 45.6 Å². The van der Waals surface area contributed by atoms with Crippen LogP contribution in [0.1, 0.15) is 45.1 Å². The zero-order valence-corrected chi connectivity index (χ0v) is 20.4. The second kappa shape index (κ2) is 11.0. The van der Waals surface area contributed by atoms with Crippen LogP contribution in [-0.4, -0.2) is 11.9 Å². The first kappa shape index (κ1) is 23.0. The first-order valence-corrected chi connectivity index (χ1v) is 13.8. The minimum Gasteiger partial charge on any atom is -0.347 e. The van der Waals surface area contributed by atoms with Crippen LogP contribution in [0.15, 0.2) is 34.8 Å². The standard InChI is InChI=1S/C21H24BrFIO2P/c1-4-5-7-13(2)14(3)10-11-15-19(26-27-24)12-18(25)20(15)16-8-6-9-17(22)21(16)23/h6,8-11,13-15,19-20,27H,7,12H2,1-3H3/b11-10+/t13?,14?,15-,19+,20-/m0/s1. The van der Waals surface area contributed by atoms with Gasteiger partial charge in [-0.2, -0.15) is 0 Å². The molecule has 0 amide bonds. The summed E-state index contributed by atoms with van der Waals surface area (Å²) in [4.78, 5) is 12.7. The Morgan fingerprint density at radius 1 is 1.48 bits per heavy atom. The third kappa shape index (κ3) is 5.85. The summed E-state index contributed by atoms with van der Waals surface area (Å²) in [5.74, 6) is 5.81. The van der Waals surface area contributed by atoms with Crippen molar-refractivity contribution in [2.75, 3.05) is 0 Å². The van der Waals surface area contributed by atoms with Crippen LogP contribution >= 0.6 is 44.4 Å². The molecule has 27 heavy (non-hydrogen) atoms. The van der Waals surface area contributed by atoms with E-state index in [4.69, 9.17) is 4.52 Å². The third-order valence-electron chi connectivity index (χ3n) is 5.21. The van der Waals surface area contributed by atoms with Crippen LogP contribution in [0.4, 0.5) is 4.39 Å². The maximum Gasteiger partial charge on any atom is 0.143 e. The molecule has 3 unspecified atom stereocenters. The van der Waals surface area contributed by atoms with Crippen molar-refractivity contribution < 1.29 is 13.7 Å². The Hall–Kier alpha value is -0.280. The van der Waals surface area contributed by atoms with Gasteiger partial charge < -0.3 is 4.52 Å². The lowest BCUT2D eigenvalue weighted by molar-refractivity contribution is -0.119. The van der Waals surface area contributed by atoms with Crippen molar-refractivity contribution in [3.8, 4) is 11.8 Å². The monoisotopic (exact) mass is 564 g/mol. The molecule has 0 spiro atoms. The lowest BCUT2D eigenvalue weighted by Crippen LogP contribution is -2.19. The van der Waals surface area contributed by atoms with Gasteiger partial charge in [0.25, 0.3) is 0 Å². The molecule has 1 aliphatic rings. The summed E-state index contributed by atoms with van der Waals surface area (Å²) in [6, 6.07) is 5.14. The van der Waals surface area contributed by atoms with Gasteiger partial charge in [-0.15, -0.1) is 11.8 Å². The van der Waals surface area contributed by atoms with Crippen LogP contribution in [0.2, 0.25) is 0 Å². The van der Waals surface area contributed by atoms with Crippen LogP contribution in [-0.2, 0) is 9.32 Å². The Balaban J connectivity index is 2.31. The second-order valence-corrected chi connectivity index (χ2v) is 9.52. The Morgan fingerprint density at radius 2 is 2.22 bits per heavy atom. The molecule has 2 nitrogen and oxygen atoms in total. The molecule has 0 radical (unpaired) electrons. The van der Waals surface area contributed by atoms with Crippen LogP contribution in [0, 0.1) is 35.4 Å². The van der Waals surface area contributed by atoms with Gasteiger partial charge in [-0.3, -0.25) is 4.79 Å². The molecule has 6 heteroatoms. The molecule has 1 aliphatic carbocycles. The van der Waals surface area contributed by atoms with Crippen molar-refractivity contribution in [1.82, 2.24) is 0 Å². The molecule has 146 valence electrons. The Kier molecular flexibility index (Phi) is 9.41. The van der Waals surface area contributed by atoms with Crippen molar-refractivity contribution in [1.29, 1.82) is 0 Å². The molecule has 0 heterocycles. The number of carbonyl (C=O) groups is 1. The minimum absolute atomic E-state index is 0.0406. The van der Waals surface area contributed by atoms with E-state index in [0.29, 0.717) is 28.3 Å². The Morgan fingerprint density at radius 3 is 2.89 bits per heavy atom. The van der Waals surface area contributed by atoms with E-state index < -0.39 is 5.92 Å². The Labute approximate surface area is 184 Å². The van der Waals surface area contributed by atoms with Crippen LogP contribution in [0.3, 0.4) is 0 Å². The molecule has 6 atom stereocenters. The van der Waals surface area contributed by atoms with E-state index >= 15 is 0 Å². The highest BCUT2D eigenvalue weighted by Crippen LogP contribution is 2.44. The van der Waals surface area contributed by atoms with Crippen LogP contribution < -0.4 is 0 Å². The first-order chi connectivity index (χ1) is 12.9. The average molecular weight is 565 g/mol. The zero-order chi connectivity index (χ0) is 20.0. The van der Waals surface area contributed by atoms with Crippen molar-refractivity contribution in [2.24, 2.45) is 17.8 Å². The molecule has 1 aromatic rings. The molecule has 1 aromatic carbocycles. The van der Waals surface area contributed by atoms with Gasteiger partial charge >= 0.3 is 0 Å². The highest BCUT2D eigenvalue weighted by Gasteiger charge is 2.43. The SMILES string of the molecule is CC#CCC(C)C(C)/C=C/[C@@H]1[C@@H](c2cccc(Br)c2F)C(=O)C[C@H]1OPI. The van der Waals surface area contributed by atoms with E-state index in [2.05, 4.69) is 75.8 Å². The summed E-state index contributed by atoms with van der Waals surface area (Å²) >= 11 is 5.40. The number of rotatable bonds is 7. The number of ketones is 1. The normalized spacial score (nSPS) is 25.1. The quantitative estimate of drug-likeness (QED) is 0.157. The zero-order valence-electron chi connectivity index (χ0n) is 15.6. The van der Waals surface area contributed by atoms with Gasteiger partial charge in [-0.05, 0) is 62.8 Å². The van der Waals surface area contributed by atoms with Gasteiger partial charge in [-0.25, -0.2) is 4.39 Å². The highest BCUT2D eigenvalue weighted by molar-refractivity contribution is 14.2. The first-order valence-electron chi connectivity index (χ1n) is 8.96. The molecule has 2 rings (SSSR count). The Bertz CT molecular complexity index is 758. The van der Waals surface area contributed by atoms with Crippen LogP contribution in [0.25, 0.3) is 0 Å². The number of hydrogen-bond donors (Lipinski definition) is 0. The molecule has 0 bridgehead atoms. The molecular formula is C21H24BrFIO2P. The highest BCUT2D eigenvalue weighted by atomic mass is 127. The molecular weight excluding hydrogens is 541 g/mol. The van der Waals surface area contributed by atoms with E-state index in [-0.39, 0.29) is 30.1 Å². The van der Waals surface area contributed by atoms with Gasteiger partial charge in [0.2, 0.25) is 0 Å². The van der Waals surface area contributed by atoms with Crippen molar-refractivity contribution in [3.63, 3.8) is 0 Å². The van der Waals surface area contributed by atoms with Crippen LogP contribution in [0.5, 0.6) is 0 Å². The summed E-state index contributed by atoms with van der Waals surface area (Å²) in [5.41, 5.74) is 0.449. The molecule has 1 saturated carbocycles. The van der Waals surface area contributed by atoms with E-state index in [0.717, 1.165) is 6.42 Å². The maximum atomic E-state index is 14.7. The van der Waals surface area contributed by atoms with Gasteiger partial charge in [0.1, 0.15) is 11.6 Å². The maximum absolute atomic E-state index is 14.7. The smallest absolute Gasteiger partial charge is 0.143 e. The van der Waals surface area contributed by atoms with Crippen molar-refractivity contribution >= 4 is 50.2 Å². The van der Waals surface area contributed by atoms with Gasteiger partial charge in [0, 0.05) is 24.3 Å². The fraction of sp³-hybridized carbons (Fsp3) is 0.476. The topological polar surface area (TPSA) is 26.3 Å². The summed E-state index contributed by atoms with van der Waals surface area (Å²) in [7, 11) is 0. The summed E-state index contributed by atoms with van der Waals surface area (Å²) < 4.78 is 20.9. The number of allylic oxidation sites excluding steroid dienone is 1. The number of carbonyl (C=O) groups excluding carboxylic acids is 1. The molecule has 0 N–H and O–H groups in total. The van der Waals surface area contributed by atoms with Crippen molar-refractivity contribution in [3.05, 3.63) is 46.2 Å². The summed E-state index contributed by atoms with van der Waals surface area (Å²) in [5, 5.41) is 0. The minimum atomic E-state index is -0.505. The lowest BCUT2D eigenvalue weighted by atomic mass is 9.85. The molecule has 0 aromatic heterocycles. The van der Waals surface area contributed by atoms with E-state index in [9.17, 15) is 9.18 Å². The van der Waals surface area contributed by atoms with Gasteiger partial charge in [-0.1, -0.05) is 38.1 Å². The fourth-order valence-corrected chi connectivity index (χ4v) is 5.10. The second-order valence-electron chi connectivity index (χ2n) is 6.95. The number of benzene rings is 1. The predicted molar refractivity (Wildman–Crippen MR) is 123 cm³/mol. The number of Topliss-reactive ketones (excluding diaryl/α,β-unsaturated/α-hetero) is 1. The molecule has 0 aliphatic heterocycles. The van der Waals surface area contributed by atoms with E-state index in [1.54, 1.807) is 18.2 Å². The van der Waals surface area contributed by atoms with Gasteiger partial charge in [0.15, 0.2) is 0 Å². The van der Waals surface area contributed by atoms with E-state index in [1.807, 2.05) is 6.92 Å². The molecule has 1 fully saturated rings. The number of hydrogen-bond acceptors (Lipinski definition) is 2. The average Bonchev–Trinajstić information content (AvgIpc) is 2.95. The molecule has 0 saturated heterocycles. The summed E-state index contributed by atoms with van der Waals surface area (Å²) in [6.07, 6.45) is 5.17. The fourth-order valence-electron chi connectivity index (χ4n) is 3.39. The third-order valence-corrected chi connectivity index (χ3v) is 6.98. The summed E-state index contributed by atoms with van der Waals surface area (Å²) in [6.45, 7) is 6.44. The predicted octanol–water partition coefficient (Wildman–Crippen LogP) is 6.83. The largest absolute Gasteiger partial charge is 0.347 e. The number of halogens is 3. The van der Waals surface area contributed by atoms with Gasteiger partial charge in [0.05, 0.1) is 22.9 Å². The lowest BCUT2D eigenvalue weighted by Gasteiger charge is -2.22. The van der Waals surface area contributed by atoms with E-state index in [1.165, 1.54) is 0 Å².